The molecule has 1 aromatic carbocycles. The van der Waals surface area contributed by atoms with Crippen LogP contribution in [0.15, 0.2) is 30.3 Å². The van der Waals surface area contributed by atoms with Crippen LogP contribution in [0.1, 0.15) is 22.5 Å². The lowest BCUT2D eigenvalue weighted by Crippen LogP contribution is -2.45. The number of carbonyl (C=O) groups excluding carboxylic acids is 1. The van der Waals surface area contributed by atoms with E-state index < -0.39 is 0 Å². The van der Waals surface area contributed by atoms with E-state index in [1.165, 1.54) is 4.70 Å². The summed E-state index contributed by atoms with van der Waals surface area (Å²) in [5, 5.41) is 1.15. The summed E-state index contributed by atoms with van der Waals surface area (Å²) in [6.45, 7) is 1.52. The number of halogens is 1. The van der Waals surface area contributed by atoms with E-state index in [2.05, 4.69) is 6.07 Å². The molecule has 19 heavy (non-hydrogen) atoms. The van der Waals surface area contributed by atoms with Gasteiger partial charge in [0, 0.05) is 23.8 Å². The number of nitrogens with two attached hydrogens (primary N) is 1. The van der Waals surface area contributed by atoms with Gasteiger partial charge in [-0.3, -0.25) is 4.79 Å². The highest BCUT2D eigenvalue weighted by atomic mass is 35.5. The van der Waals surface area contributed by atoms with E-state index in [1.54, 1.807) is 11.3 Å². The van der Waals surface area contributed by atoms with Crippen LogP contribution in [0, 0.1) is 0 Å². The van der Waals surface area contributed by atoms with E-state index in [-0.39, 0.29) is 24.4 Å². The van der Waals surface area contributed by atoms with Crippen molar-refractivity contribution in [3.63, 3.8) is 0 Å². The fourth-order valence-corrected chi connectivity index (χ4v) is 3.47. The average Bonchev–Trinajstić information content (AvgIpc) is 2.81. The molecule has 1 aliphatic heterocycles. The minimum absolute atomic E-state index is 0. The number of rotatable bonds is 1. The van der Waals surface area contributed by atoms with Gasteiger partial charge in [0.25, 0.3) is 5.91 Å². The molecule has 1 amide bonds. The summed E-state index contributed by atoms with van der Waals surface area (Å²) in [6.07, 6.45) is 2.04. The van der Waals surface area contributed by atoms with Gasteiger partial charge in [-0.05, 0) is 30.4 Å². The largest absolute Gasteiger partial charge is 0.336 e. The Morgan fingerprint density at radius 2 is 2.16 bits per heavy atom. The Morgan fingerprint density at radius 1 is 1.37 bits per heavy atom. The molecule has 1 aromatic heterocycles. The zero-order valence-electron chi connectivity index (χ0n) is 10.5. The predicted molar refractivity (Wildman–Crippen MR) is 82.2 cm³/mol. The fourth-order valence-electron chi connectivity index (χ4n) is 2.44. The normalized spacial score (nSPS) is 19.2. The first-order valence-electron chi connectivity index (χ1n) is 6.27. The highest BCUT2D eigenvalue weighted by Crippen LogP contribution is 2.27. The number of benzene rings is 1. The molecule has 0 spiro atoms. The smallest absolute Gasteiger partial charge is 0.264 e. The van der Waals surface area contributed by atoms with Gasteiger partial charge in [0.15, 0.2) is 0 Å². The van der Waals surface area contributed by atoms with Gasteiger partial charge in [-0.2, -0.15) is 0 Å². The number of likely N-dealkylation sites (tertiary alicyclic amines) is 1. The number of carbonyl (C=O) groups is 1. The first-order chi connectivity index (χ1) is 8.74. The van der Waals surface area contributed by atoms with Gasteiger partial charge in [-0.15, -0.1) is 23.7 Å². The average molecular weight is 297 g/mol. The predicted octanol–water partition coefficient (Wildman–Crippen LogP) is 2.89. The van der Waals surface area contributed by atoms with Crippen LogP contribution in [0.2, 0.25) is 0 Å². The molecular weight excluding hydrogens is 280 g/mol. The Bertz CT molecular complexity index is 551. The van der Waals surface area contributed by atoms with Gasteiger partial charge in [0.05, 0.1) is 4.88 Å². The summed E-state index contributed by atoms with van der Waals surface area (Å²) < 4.78 is 1.17. The molecule has 1 saturated heterocycles. The SMILES string of the molecule is Cl.NC1CCCN(C(=O)c2cc3ccccc3s2)C1. The van der Waals surface area contributed by atoms with E-state index >= 15 is 0 Å². The van der Waals surface area contributed by atoms with E-state index in [9.17, 15) is 4.79 Å². The number of thiophene rings is 1. The lowest BCUT2D eigenvalue weighted by Gasteiger charge is -2.30. The van der Waals surface area contributed by atoms with E-state index in [0.717, 1.165) is 29.6 Å². The van der Waals surface area contributed by atoms with E-state index in [0.29, 0.717) is 6.54 Å². The third-order valence-corrected chi connectivity index (χ3v) is 4.49. The van der Waals surface area contributed by atoms with Gasteiger partial charge >= 0.3 is 0 Å². The molecule has 2 N–H and O–H groups in total. The van der Waals surface area contributed by atoms with Crippen molar-refractivity contribution < 1.29 is 4.79 Å². The number of nitrogens with zero attached hydrogens (tertiary/aromatic N) is 1. The highest BCUT2D eigenvalue weighted by Gasteiger charge is 2.23. The molecule has 3 rings (SSSR count). The highest BCUT2D eigenvalue weighted by molar-refractivity contribution is 7.20. The molecule has 1 aliphatic rings. The fraction of sp³-hybridized carbons (Fsp3) is 0.357. The maximum Gasteiger partial charge on any atom is 0.264 e. The van der Waals surface area contributed by atoms with Crippen molar-refractivity contribution in [2.75, 3.05) is 13.1 Å². The number of hydrogen-bond acceptors (Lipinski definition) is 3. The van der Waals surface area contributed by atoms with Crippen molar-refractivity contribution in [3.05, 3.63) is 35.2 Å². The lowest BCUT2D eigenvalue weighted by atomic mass is 10.1. The Kier molecular flexibility index (Phi) is 4.45. The van der Waals surface area contributed by atoms with Crippen LogP contribution in [0.3, 0.4) is 0 Å². The molecule has 0 saturated carbocycles. The van der Waals surface area contributed by atoms with Crippen LogP contribution in [0.5, 0.6) is 0 Å². The number of hydrogen-bond donors (Lipinski definition) is 1. The van der Waals surface area contributed by atoms with Crippen LogP contribution in [-0.2, 0) is 0 Å². The first kappa shape index (κ1) is 14.3. The van der Waals surface area contributed by atoms with Crippen LogP contribution < -0.4 is 5.73 Å². The van der Waals surface area contributed by atoms with Crippen molar-refractivity contribution in [2.24, 2.45) is 5.73 Å². The Morgan fingerprint density at radius 3 is 2.89 bits per heavy atom. The second-order valence-corrected chi connectivity index (χ2v) is 5.89. The monoisotopic (exact) mass is 296 g/mol. The van der Waals surface area contributed by atoms with Crippen LogP contribution in [0.4, 0.5) is 0 Å². The van der Waals surface area contributed by atoms with Crippen molar-refractivity contribution >= 4 is 39.7 Å². The lowest BCUT2D eigenvalue weighted by molar-refractivity contribution is 0.0714. The minimum Gasteiger partial charge on any atom is -0.336 e. The molecule has 0 aliphatic carbocycles. The van der Waals surface area contributed by atoms with Crippen LogP contribution in [-0.4, -0.2) is 29.9 Å². The Hall–Kier alpha value is -1.10. The summed E-state index contributed by atoms with van der Waals surface area (Å²) in [5.74, 6) is 0.131. The standard InChI is InChI=1S/C14H16N2OS.ClH/c15-11-5-3-7-16(9-11)14(17)13-8-10-4-1-2-6-12(10)18-13;/h1-2,4,6,8,11H,3,5,7,9,15H2;1H. The minimum atomic E-state index is 0. The van der Waals surface area contributed by atoms with Crippen molar-refractivity contribution in [1.82, 2.24) is 4.90 Å². The summed E-state index contributed by atoms with van der Waals surface area (Å²) >= 11 is 1.57. The van der Waals surface area contributed by atoms with Gasteiger partial charge < -0.3 is 10.6 Å². The maximum absolute atomic E-state index is 12.4. The number of amides is 1. The third kappa shape index (κ3) is 2.91. The Labute approximate surface area is 122 Å². The first-order valence-corrected chi connectivity index (χ1v) is 7.09. The van der Waals surface area contributed by atoms with E-state index in [4.69, 9.17) is 5.73 Å². The number of piperidine rings is 1. The van der Waals surface area contributed by atoms with Crippen molar-refractivity contribution in [1.29, 1.82) is 0 Å². The van der Waals surface area contributed by atoms with Gasteiger partial charge in [0.1, 0.15) is 0 Å². The zero-order chi connectivity index (χ0) is 12.5. The van der Waals surface area contributed by atoms with Crippen LogP contribution >= 0.6 is 23.7 Å². The topological polar surface area (TPSA) is 46.3 Å². The van der Waals surface area contributed by atoms with Gasteiger partial charge in [-0.25, -0.2) is 0 Å². The molecule has 3 nitrogen and oxygen atoms in total. The number of fused-ring (bicyclic) bond motifs is 1. The summed E-state index contributed by atoms with van der Waals surface area (Å²) in [5.41, 5.74) is 5.93. The molecule has 102 valence electrons. The van der Waals surface area contributed by atoms with E-state index in [1.807, 2.05) is 29.2 Å². The molecule has 5 heteroatoms. The molecule has 0 bridgehead atoms. The molecule has 1 fully saturated rings. The van der Waals surface area contributed by atoms with Crippen molar-refractivity contribution in [2.45, 2.75) is 18.9 Å². The summed E-state index contributed by atoms with van der Waals surface area (Å²) in [6, 6.07) is 10.2. The summed E-state index contributed by atoms with van der Waals surface area (Å²) in [4.78, 5) is 15.1. The Balaban J connectivity index is 0.00000133. The quantitative estimate of drug-likeness (QED) is 0.879. The second kappa shape index (κ2) is 5.90. The molecule has 2 aromatic rings. The molecule has 2 heterocycles. The molecular formula is C14H17ClN2OS. The maximum atomic E-state index is 12.4. The third-order valence-electron chi connectivity index (χ3n) is 3.38. The summed E-state index contributed by atoms with van der Waals surface area (Å²) in [7, 11) is 0. The van der Waals surface area contributed by atoms with Gasteiger partial charge in [0.2, 0.25) is 0 Å². The van der Waals surface area contributed by atoms with Crippen LogP contribution in [0.25, 0.3) is 10.1 Å². The van der Waals surface area contributed by atoms with Gasteiger partial charge in [-0.1, -0.05) is 18.2 Å². The van der Waals surface area contributed by atoms with Crippen molar-refractivity contribution in [3.8, 4) is 0 Å². The second-order valence-electron chi connectivity index (χ2n) is 4.80. The molecule has 1 unspecified atom stereocenters. The molecule has 1 atom stereocenters. The zero-order valence-corrected chi connectivity index (χ0v) is 12.2. The molecule has 0 radical (unpaired) electrons.